The van der Waals surface area contributed by atoms with Gasteiger partial charge in [0, 0.05) is 11.6 Å². The summed E-state index contributed by atoms with van der Waals surface area (Å²) in [5.74, 6) is 0.853. The molecule has 1 aliphatic heterocycles. The lowest BCUT2D eigenvalue weighted by molar-refractivity contribution is -0.122. The first kappa shape index (κ1) is 19.3. The molecule has 0 spiro atoms. The molecule has 2 aromatic rings. The fourth-order valence-electron chi connectivity index (χ4n) is 2.78. The first-order chi connectivity index (χ1) is 12.8. The van der Waals surface area contributed by atoms with Gasteiger partial charge < -0.3 is 14.8 Å². The van der Waals surface area contributed by atoms with Crippen LogP contribution in [0.2, 0.25) is 5.02 Å². The van der Waals surface area contributed by atoms with E-state index in [9.17, 15) is 13.2 Å². The Kier molecular flexibility index (Phi) is 5.48. The molecule has 1 heterocycles. The Bertz CT molecular complexity index is 947. The van der Waals surface area contributed by atoms with Gasteiger partial charge in [0.15, 0.2) is 11.5 Å². The van der Waals surface area contributed by atoms with Gasteiger partial charge in [-0.2, -0.15) is 0 Å². The number of hydrogen-bond acceptors (Lipinski definition) is 5. The van der Waals surface area contributed by atoms with Crippen LogP contribution in [0, 0.1) is 0 Å². The van der Waals surface area contributed by atoms with Crippen molar-refractivity contribution in [3.63, 3.8) is 0 Å². The number of amides is 1. The molecule has 9 heteroatoms. The summed E-state index contributed by atoms with van der Waals surface area (Å²) < 4.78 is 36.1. The number of sulfonamides is 1. The van der Waals surface area contributed by atoms with Gasteiger partial charge in [-0.1, -0.05) is 17.7 Å². The van der Waals surface area contributed by atoms with Gasteiger partial charge in [0.1, 0.15) is 6.04 Å². The number of benzene rings is 2. The molecule has 0 fully saturated rings. The molecule has 1 amide bonds. The summed E-state index contributed by atoms with van der Waals surface area (Å²) in [5.41, 5.74) is 1.19. The van der Waals surface area contributed by atoms with Crippen LogP contribution >= 0.6 is 11.6 Å². The molecule has 144 valence electrons. The number of carbonyl (C=O) groups excluding carboxylic acids is 1. The van der Waals surface area contributed by atoms with E-state index in [1.165, 1.54) is 6.92 Å². The van der Waals surface area contributed by atoms with Crippen LogP contribution < -0.4 is 19.1 Å². The van der Waals surface area contributed by atoms with E-state index in [1.54, 1.807) is 36.4 Å². The maximum absolute atomic E-state index is 12.6. The fraction of sp³-hybridized carbons (Fsp3) is 0.278. The zero-order valence-corrected chi connectivity index (χ0v) is 16.4. The Balaban J connectivity index is 1.72. The summed E-state index contributed by atoms with van der Waals surface area (Å²) in [6.07, 6.45) is 1.06. The highest BCUT2D eigenvalue weighted by Crippen LogP contribution is 2.32. The van der Waals surface area contributed by atoms with Crippen LogP contribution in [0.4, 0.5) is 5.69 Å². The second-order valence-electron chi connectivity index (χ2n) is 6.12. The summed E-state index contributed by atoms with van der Waals surface area (Å²) in [4.78, 5) is 12.6. The molecule has 0 aliphatic carbocycles. The molecule has 1 atom stereocenters. The van der Waals surface area contributed by atoms with E-state index in [0.29, 0.717) is 22.2 Å². The average molecular weight is 411 g/mol. The molecule has 0 unspecified atom stereocenters. The van der Waals surface area contributed by atoms with Crippen LogP contribution in [-0.4, -0.2) is 33.4 Å². The minimum Gasteiger partial charge on any atom is -0.454 e. The Morgan fingerprint density at radius 3 is 2.52 bits per heavy atom. The first-order valence-corrected chi connectivity index (χ1v) is 10.4. The summed E-state index contributed by atoms with van der Waals surface area (Å²) in [7, 11) is -3.67. The van der Waals surface area contributed by atoms with Gasteiger partial charge in [-0.05, 0) is 48.9 Å². The molecule has 1 aliphatic rings. The third-order valence-corrected chi connectivity index (χ3v) is 5.57. The molecule has 0 saturated carbocycles. The lowest BCUT2D eigenvalue weighted by Crippen LogP contribution is -2.47. The molecule has 1 N–H and O–H groups in total. The predicted molar refractivity (Wildman–Crippen MR) is 103 cm³/mol. The highest BCUT2D eigenvalue weighted by molar-refractivity contribution is 7.92. The normalized spacial score (nSPS) is 13.9. The van der Waals surface area contributed by atoms with E-state index >= 15 is 0 Å². The molecule has 27 heavy (non-hydrogen) atoms. The molecule has 0 saturated heterocycles. The van der Waals surface area contributed by atoms with Gasteiger partial charge in [-0.25, -0.2) is 8.42 Å². The van der Waals surface area contributed by atoms with E-state index in [2.05, 4.69) is 5.32 Å². The zero-order chi connectivity index (χ0) is 19.6. The number of fused-ring (bicyclic) bond motifs is 1. The zero-order valence-electron chi connectivity index (χ0n) is 14.8. The summed E-state index contributed by atoms with van der Waals surface area (Å²) in [6.45, 7) is 1.94. The number of nitrogens with one attached hydrogen (secondary N) is 1. The molecule has 0 bridgehead atoms. The standard InChI is InChI=1S/C18H19ClN2O5S/c1-12(21(27(2,23)24)15-6-4-14(19)5-7-15)18(22)20-10-13-3-8-16-17(9-13)26-11-25-16/h3-9,12H,10-11H2,1-2H3,(H,20,22)/t12-/m0/s1. The predicted octanol–water partition coefficient (Wildman–Crippen LogP) is 2.54. The van der Waals surface area contributed by atoms with Gasteiger partial charge in [-0.3, -0.25) is 9.10 Å². The van der Waals surface area contributed by atoms with Crippen LogP contribution in [0.5, 0.6) is 11.5 Å². The summed E-state index contributed by atoms with van der Waals surface area (Å²) >= 11 is 5.86. The van der Waals surface area contributed by atoms with E-state index < -0.39 is 22.0 Å². The highest BCUT2D eigenvalue weighted by Gasteiger charge is 2.29. The monoisotopic (exact) mass is 410 g/mol. The fourth-order valence-corrected chi connectivity index (χ4v) is 4.09. The largest absolute Gasteiger partial charge is 0.454 e. The van der Waals surface area contributed by atoms with Gasteiger partial charge in [0.2, 0.25) is 22.7 Å². The van der Waals surface area contributed by atoms with Crippen molar-refractivity contribution < 1.29 is 22.7 Å². The van der Waals surface area contributed by atoms with Crippen molar-refractivity contribution in [3.05, 3.63) is 53.1 Å². The Morgan fingerprint density at radius 2 is 1.85 bits per heavy atom. The second kappa shape index (κ2) is 7.66. The SMILES string of the molecule is C[C@@H](C(=O)NCc1ccc2c(c1)OCO2)N(c1ccc(Cl)cc1)S(C)(=O)=O. The molecular weight excluding hydrogens is 392 g/mol. The van der Waals surface area contributed by atoms with Crippen molar-refractivity contribution in [2.45, 2.75) is 19.5 Å². The maximum atomic E-state index is 12.6. The quantitative estimate of drug-likeness (QED) is 0.791. The summed E-state index contributed by atoms with van der Waals surface area (Å²) in [6, 6.07) is 10.7. The number of anilines is 1. The van der Waals surface area contributed by atoms with Gasteiger partial charge in [-0.15, -0.1) is 0 Å². The molecule has 0 aromatic heterocycles. The van der Waals surface area contributed by atoms with Crippen molar-refractivity contribution in [1.82, 2.24) is 5.32 Å². The van der Waals surface area contributed by atoms with Crippen molar-refractivity contribution in [1.29, 1.82) is 0 Å². The van der Waals surface area contributed by atoms with Gasteiger partial charge >= 0.3 is 0 Å². The number of nitrogens with zero attached hydrogens (tertiary/aromatic N) is 1. The van der Waals surface area contributed by atoms with E-state index in [-0.39, 0.29) is 13.3 Å². The van der Waals surface area contributed by atoms with Gasteiger partial charge in [0.25, 0.3) is 0 Å². The molecule has 3 rings (SSSR count). The minimum atomic E-state index is -3.67. The van der Waals surface area contributed by atoms with Crippen molar-refractivity contribution >= 4 is 33.2 Å². The van der Waals surface area contributed by atoms with Crippen LogP contribution in [0.15, 0.2) is 42.5 Å². The first-order valence-electron chi connectivity index (χ1n) is 8.17. The Labute approximate surface area is 162 Å². The molecular formula is C18H19ClN2O5S. The minimum absolute atomic E-state index is 0.173. The molecule has 7 nitrogen and oxygen atoms in total. The maximum Gasteiger partial charge on any atom is 0.243 e. The smallest absolute Gasteiger partial charge is 0.243 e. The lowest BCUT2D eigenvalue weighted by atomic mass is 10.2. The molecule has 0 radical (unpaired) electrons. The molecule has 2 aromatic carbocycles. The number of rotatable bonds is 6. The van der Waals surface area contributed by atoms with E-state index in [1.807, 2.05) is 6.07 Å². The van der Waals surface area contributed by atoms with E-state index in [0.717, 1.165) is 16.1 Å². The van der Waals surface area contributed by atoms with Crippen molar-refractivity contribution in [2.75, 3.05) is 17.4 Å². The number of carbonyl (C=O) groups is 1. The lowest BCUT2D eigenvalue weighted by Gasteiger charge is -2.28. The second-order valence-corrected chi connectivity index (χ2v) is 8.41. The van der Waals surface area contributed by atoms with Crippen LogP contribution in [0.25, 0.3) is 0 Å². The number of hydrogen-bond donors (Lipinski definition) is 1. The number of ether oxygens (including phenoxy) is 2. The van der Waals surface area contributed by atoms with Gasteiger partial charge in [0.05, 0.1) is 11.9 Å². The van der Waals surface area contributed by atoms with Crippen molar-refractivity contribution in [3.8, 4) is 11.5 Å². The van der Waals surface area contributed by atoms with Crippen LogP contribution in [-0.2, 0) is 21.4 Å². The highest BCUT2D eigenvalue weighted by atomic mass is 35.5. The summed E-state index contributed by atoms with van der Waals surface area (Å²) in [5, 5.41) is 3.23. The Morgan fingerprint density at radius 1 is 1.19 bits per heavy atom. The Hall–Kier alpha value is -2.45. The third kappa shape index (κ3) is 4.45. The van der Waals surface area contributed by atoms with E-state index in [4.69, 9.17) is 21.1 Å². The average Bonchev–Trinajstić information content (AvgIpc) is 3.08. The van der Waals surface area contributed by atoms with Crippen LogP contribution in [0.3, 0.4) is 0 Å². The topological polar surface area (TPSA) is 84.9 Å². The van der Waals surface area contributed by atoms with Crippen molar-refractivity contribution in [2.24, 2.45) is 0 Å². The third-order valence-electron chi connectivity index (χ3n) is 4.07. The van der Waals surface area contributed by atoms with Crippen LogP contribution in [0.1, 0.15) is 12.5 Å². The number of halogens is 1.